The quantitative estimate of drug-likeness (QED) is 0.803. The fourth-order valence-corrected chi connectivity index (χ4v) is 4.21. The van der Waals surface area contributed by atoms with Gasteiger partial charge in [0.05, 0.1) is 18.4 Å². The smallest absolute Gasteiger partial charge is 0.197 e. The number of nitrogens with one attached hydrogen (secondary N) is 2. The molecule has 1 fully saturated rings. The first-order valence-corrected chi connectivity index (χ1v) is 10.9. The molecule has 2 aliphatic heterocycles. The monoisotopic (exact) mass is 400 g/mol. The summed E-state index contributed by atoms with van der Waals surface area (Å²) in [4.78, 5) is 16.3. The highest BCUT2D eigenvalue weighted by atomic mass is 32.1. The van der Waals surface area contributed by atoms with Gasteiger partial charge in [-0.15, -0.1) is 11.3 Å². The van der Waals surface area contributed by atoms with Gasteiger partial charge >= 0.3 is 0 Å². The summed E-state index contributed by atoms with van der Waals surface area (Å²) in [6, 6.07) is 6.15. The summed E-state index contributed by atoms with van der Waals surface area (Å²) in [5, 5.41) is 9.39. The number of rotatable bonds is 5. The number of hydrogen-bond acceptors (Lipinski definition) is 8. The van der Waals surface area contributed by atoms with Crippen molar-refractivity contribution >= 4 is 28.2 Å². The molecule has 2 N–H and O–H groups in total. The van der Waals surface area contributed by atoms with Crippen LogP contribution in [0, 0.1) is 5.92 Å². The van der Waals surface area contributed by atoms with Crippen LogP contribution in [-0.4, -0.2) is 54.8 Å². The molecule has 2 aliphatic rings. The van der Waals surface area contributed by atoms with Gasteiger partial charge in [0.25, 0.3) is 0 Å². The largest absolute Gasteiger partial charge is 0.375 e. The summed E-state index contributed by atoms with van der Waals surface area (Å²) in [7, 11) is 0. The molecular formula is C20H28N6OS. The van der Waals surface area contributed by atoms with Gasteiger partial charge in [0.15, 0.2) is 11.1 Å². The molecule has 4 heterocycles. The molecule has 8 heteroatoms. The Bertz CT molecular complexity index is 821. The normalized spacial score (nSPS) is 20.0. The molecule has 150 valence electrons. The molecule has 0 radical (unpaired) electrons. The average molecular weight is 401 g/mol. The van der Waals surface area contributed by atoms with Gasteiger partial charge in [-0.25, -0.2) is 9.97 Å². The predicted octanol–water partition coefficient (Wildman–Crippen LogP) is 3.22. The number of nitrogens with zero attached hydrogens (tertiary/aromatic N) is 4. The second-order valence-corrected chi connectivity index (χ2v) is 8.48. The van der Waals surface area contributed by atoms with Gasteiger partial charge in [-0.05, 0) is 30.9 Å². The highest BCUT2D eigenvalue weighted by molar-refractivity contribution is 7.14. The van der Waals surface area contributed by atoms with Crippen LogP contribution in [0.3, 0.4) is 0 Å². The lowest BCUT2D eigenvalue weighted by Gasteiger charge is -2.34. The molecule has 1 unspecified atom stereocenters. The van der Waals surface area contributed by atoms with E-state index in [0.717, 1.165) is 73.9 Å². The van der Waals surface area contributed by atoms with Crippen molar-refractivity contribution in [1.29, 1.82) is 0 Å². The number of aliphatic imine (C=N–C) groups is 1. The Balaban J connectivity index is 1.46. The predicted molar refractivity (Wildman–Crippen MR) is 115 cm³/mol. The van der Waals surface area contributed by atoms with Crippen LogP contribution >= 0.6 is 11.3 Å². The molecule has 0 bridgehead atoms. The van der Waals surface area contributed by atoms with E-state index >= 15 is 0 Å². The first-order valence-electron chi connectivity index (χ1n) is 10.0. The number of morpholine rings is 1. The first kappa shape index (κ1) is 19.1. The van der Waals surface area contributed by atoms with Crippen LogP contribution in [0.4, 0.5) is 10.9 Å². The highest BCUT2D eigenvalue weighted by Crippen LogP contribution is 2.26. The van der Waals surface area contributed by atoms with Crippen LogP contribution in [0.1, 0.15) is 26.7 Å². The molecular weight excluding hydrogens is 372 g/mol. The lowest BCUT2D eigenvalue weighted by Crippen LogP contribution is -2.43. The van der Waals surface area contributed by atoms with Crippen molar-refractivity contribution in [2.75, 3.05) is 43.0 Å². The van der Waals surface area contributed by atoms with E-state index in [4.69, 9.17) is 14.7 Å². The molecule has 1 saturated heterocycles. The summed E-state index contributed by atoms with van der Waals surface area (Å²) in [5.74, 6) is 2.43. The van der Waals surface area contributed by atoms with Crippen LogP contribution in [0.15, 0.2) is 28.6 Å². The number of pyridine rings is 1. The van der Waals surface area contributed by atoms with Crippen LogP contribution < -0.4 is 15.5 Å². The van der Waals surface area contributed by atoms with E-state index in [2.05, 4.69) is 46.5 Å². The average Bonchev–Trinajstić information content (AvgIpc) is 3.17. The topological polar surface area (TPSA) is 74.7 Å². The second kappa shape index (κ2) is 8.87. The lowest BCUT2D eigenvalue weighted by molar-refractivity contribution is 0.0273. The molecule has 0 spiro atoms. The molecule has 1 atom stereocenters. The first-order chi connectivity index (χ1) is 13.7. The standard InChI is InChI=1S/C20H28N6OS/c1-14(2)11-15-12-26(9-10-27-15)18-6-3-5-16(23-18)17-13-28-20(24-17)25-19-21-7-4-8-22-19/h3,5-6,13-15H,4,7-12H2,1-2H3,(H2,21,22,24,25). The van der Waals surface area contributed by atoms with E-state index in [-0.39, 0.29) is 6.10 Å². The number of guanidine groups is 1. The summed E-state index contributed by atoms with van der Waals surface area (Å²) >= 11 is 1.57. The third-order valence-electron chi connectivity index (χ3n) is 4.82. The summed E-state index contributed by atoms with van der Waals surface area (Å²) in [6.07, 6.45) is 2.43. The minimum Gasteiger partial charge on any atom is -0.375 e. The third-order valence-corrected chi connectivity index (χ3v) is 5.58. The molecule has 7 nitrogen and oxygen atoms in total. The Morgan fingerprint density at radius 3 is 3.07 bits per heavy atom. The van der Waals surface area contributed by atoms with E-state index in [1.54, 1.807) is 11.3 Å². The second-order valence-electron chi connectivity index (χ2n) is 7.62. The molecule has 28 heavy (non-hydrogen) atoms. The zero-order chi connectivity index (χ0) is 19.3. The van der Waals surface area contributed by atoms with E-state index in [1.807, 2.05) is 11.4 Å². The van der Waals surface area contributed by atoms with Gasteiger partial charge in [-0.1, -0.05) is 19.9 Å². The van der Waals surface area contributed by atoms with Gasteiger partial charge in [-0.2, -0.15) is 0 Å². The van der Waals surface area contributed by atoms with E-state index in [0.29, 0.717) is 5.92 Å². The molecule has 0 amide bonds. The van der Waals surface area contributed by atoms with E-state index < -0.39 is 0 Å². The van der Waals surface area contributed by atoms with Gasteiger partial charge in [0, 0.05) is 31.6 Å². The van der Waals surface area contributed by atoms with Crippen molar-refractivity contribution < 1.29 is 4.74 Å². The maximum absolute atomic E-state index is 5.93. The van der Waals surface area contributed by atoms with Crippen molar-refractivity contribution in [1.82, 2.24) is 15.3 Å². The fourth-order valence-electron chi connectivity index (χ4n) is 3.50. The van der Waals surface area contributed by atoms with Gasteiger partial charge < -0.3 is 20.3 Å². The Morgan fingerprint density at radius 2 is 2.25 bits per heavy atom. The van der Waals surface area contributed by atoms with Crippen molar-refractivity contribution in [2.24, 2.45) is 10.9 Å². The number of aromatic nitrogens is 2. The van der Waals surface area contributed by atoms with E-state index in [1.165, 1.54) is 0 Å². The zero-order valence-electron chi connectivity index (χ0n) is 16.5. The Kier molecular flexibility index (Phi) is 6.07. The maximum atomic E-state index is 5.93. The van der Waals surface area contributed by atoms with Crippen LogP contribution in [0.2, 0.25) is 0 Å². The Hall–Kier alpha value is -2.19. The van der Waals surface area contributed by atoms with Crippen LogP contribution in [0.25, 0.3) is 11.4 Å². The molecule has 4 rings (SSSR count). The minimum atomic E-state index is 0.276. The zero-order valence-corrected chi connectivity index (χ0v) is 17.3. The number of ether oxygens (including phenoxy) is 1. The fraction of sp³-hybridized carbons (Fsp3) is 0.550. The van der Waals surface area contributed by atoms with Crippen molar-refractivity contribution in [2.45, 2.75) is 32.8 Å². The van der Waals surface area contributed by atoms with E-state index in [9.17, 15) is 0 Å². The van der Waals surface area contributed by atoms with Crippen molar-refractivity contribution in [3.63, 3.8) is 0 Å². The molecule has 0 saturated carbocycles. The lowest BCUT2D eigenvalue weighted by atomic mass is 10.0. The molecule has 0 aliphatic carbocycles. The summed E-state index contributed by atoms with van der Waals surface area (Å²) < 4.78 is 5.93. The molecule has 2 aromatic rings. The SMILES string of the molecule is CC(C)CC1CN(c2cccc(-c3csc(NC4=NCCCN4)n3)n2)CCO1. The highest BCUT2D eigenvalue weighted by Gasteiger charge is 2.22. The van der Waals surface area contributed by atoms with Crippen molar-refractivity contribution in [3.8, 4) is 11.4 Å². The van der Waals surface area contributed by atoms with Gasteiger partial charge in [-0.3, -0.25) is 4.99 Å². The number of hydrogen-bond donors (Lipinski definition) is 2. The maximum Gasteiger partial charge on any atom is 0.197 e. The number of thiazole rings is 1. The Morgan fingerprint density at radius 1 is 1.32 bits per heavy atom. The third kappa shape index (κ3) is 4.80. The number of anilines is 2. The van der Waals surface area contributed by atoms with Gasteiger partial charge in [0.2, 0.25) is 0 Å². The summed E-state index contributed by atoms with van der Waals surface area (Å²) in [6.45, 7) is 8.81. The Labute approximate surface area is 170 Å². The van der Waals surface area contributed by atoms with Crippen molar-refractivity contribution in [3.05, 3.63) is 23.6 Å². The molecule has 2 aromatic heterocycles. The summed E-state index contributed by atoms with van der Waals surface area (Å²) in [5.41, 5.74) is 1.78. The van der Waals surface area contributed by atoms with Crippen LogP contribution in [0.5, 0.6) is 0 Å². The molecule has 0 aromatic carbocycles. The van der Waals surface area contributed by atoms with Crippen LogP contribution in [-0.2, 0) is 4.74 Å². The van der Waals surface area contributed by atoms with Gasteiger partial charge in [0.1, 0.15) is 11.5 Å². The minimum absolute atomic E-state index is 0.276.